The molecule has 19 heavy (non-hydrogen) atoms. The molecule has 2 rings (SSSR count). The fraction of sp³-hybridized carbons (Fsp3) is 0.154. The summed E-state index contributed by atoms with van der Waals surface area (Å²) in [6.45, 7) is 0. The number of nitrogens with two attached hydrogens (primary N) is 1. The molecule has 0 spiro atoms. The molecule has 100 valence electrons. The van der Waals surface area contributed by atoms with Crippen molar-refractivity contribution >= 4 is 0 Å². The third-order valence-corrected chi connectivity index (χ3v) is 2.52. The summed E-state index contributed by atoms with van der Waals surface area (Å²) in [7, 11) is 0. The molecule has 0 saturated heterocycles. The molecule has 1 atom stereocenters. The van der Waals surface area contributed by atoms with E-state index in [1.165, 1.54) is 24.3 Å². The third-order valence-electron chi connectivity index (χ3n) is 2.52. The van der Waals surface area contributed by atoms with E-state index < -0.39 is 12.4 Å². The number of rotatable bonds is 3. The molecule has 0 bridgehead atoms. The van der Waals surface area contributed by atoms with Crippen molar-refractivity contribution in [2.24, 2.45) is 5.73 Å². The zero-order valence-corrected chi connectivity index (χ0v) is 9.76. The van der Waals surface area contributed by atoms with Crippen molar-refractivity contribution in [3.05, 3.63) is 59.9 Å². The predicted octanol–water partition coefficient (Wildman–Crippen LogP) is 3.03. The maximum atomic E-state index is 12.0. The van der Waals surface area contributed by atoms with Gasteiger partial charge in [-0.25, -0.2) is 0 Å². The van der Waals surface area contributed by atoms with Gasteiger partial charge >= 0.3 is 6.36 Å². The zero-order valence-electron chi connectivity index (χ0n) is 9.76. The Balaban J connectivity index is 2.15. The first kappa shape index (κ1) is 13.4. The fourth-order valence-electron chi connectivity index (χ4n) is 1.63. The number of halogens is 3. The van der Waals surface area contributed by atoms with Crippen molar-refractivity contribution in [1.29, 1.82) is 0 Å². The predicted molar refractivity (Wildman–Crippen MR) is 63.4 cm³/mol. The highest BCUT2D eigenvalue weighted by Crippen LogP contribution is 2.25. The van der Waals surface area contributed by atoms with E-state index in [4.69, 9.17) is 5.73 Å². The Bertz CT molecular complexity index is 526. The summed E-state index contributed by atoms with van der Waals surface area (Å²) >= 11 is 0. The Morgan fingerprint density at radius 1 is 1.05 bits per heavy atom. The summed E-state index contributed by atoms with van der Waals surface area (Å²) in [5.74, 6) is -0.269. The molecule has 2 aromatic rings. The highest BCUT2D eigenvalue weighted by molar-refractivity contribution is 5.34. The van der Waals surface area contributed by atoms with Crippen molar-refractivity contribution in [3.63, 3.8) is 0 Å². The van der Waals surface area contributed by atoms with E-state index in [1.54, 1.807) is 24.5 Å². The van der Waals surface area contributed by atoms with Gasteiger partial charge in [0.2, 0.25) is 0 Å². The van der Waals surface area contributed by atoms with Crippen molar-refractivity contribution in [1.82, 2.24) is 4.98 Å². The number of hydrogen-bond acceptors (Lipinski definition) is 3. The monoisotopic (exact) mass is 268 g/mol. The van der Waals surface area contributed by atoms with E-state index in [9.17, 15) is 13.2 Å². The van der Waals surface area contributed by atoms with Crippen LogP contribution in [0.25, 0.3) is 0 Å². The number of benzene rings is 1. The van der Waals surface area contributed by atoms with Gasteiger partial charge in [0.1, 0.15) is 5.75 Å². The maximum Gasteiger partial charge on any atom is 0.573 e. The van der Waals surface area contributed by atoms with E-state index in [1.807, 2.05) is 0 Å². The first-order chi connectivity index (χ1) is 8.96. The molecule has 0 saturated carbocycles. The van der Waals surface area contributed by atoms with Gasteiger partial charge < -0.3 is 10.5 Å². The number of aromatic nitrogens is 1. The van der Waals surface area contributed by atoms with Gasteiger partial charge in [-0.2, -0.15) is 0 Å². The topological polar surface area (TPSA) is 48.1 Å². The Kier molecular flexibility index (Phi) is 3.71. The van der Waals surface area contributed by atoms with Gasteiger partial charge in [-0.3, -0.25) is 4.98 Å². The molecular formula is C13H11F3N2O. The van der Waals surface area contributed by atoms with Crippen LogP contribution in [0.15, 0.2) is 48.8 Å². The third kappa shape index (κ3) is 3.69. The molecule has 1 heterocycles. The van der Waals surface area contributed by atoms with Crippen LogP contribution in [0.3, 0.4) is 0 Å². The van der Waals surface area contributed by atoms with Crippen LogP contribution in [0.1, 0.15) is 17.2 Å². The normalized spacial score (nSPS) is 13.1. The molecule has 0 radical (unpaired) electrons. The summed E-state index contributed by atoms with van der Waals surface area (Å²) in [6.07, 6.45) is -1.45. The van der Waals surface area contributed by atoms with E-state index >= 15 is 0 Å². The lowest BCUT2D eigenvalue weighted by Gasteiger charge is -2.13. The quantitative estimate of drug-likeness (QED) is 0.930. The molecule has 0 unspecified atom stereocenters. The minimum Gasteiger partial charge on any atom is -0.406 e. The number of ether oxygens (including phenoxy) is 1. The largest absolute Gasteiger partial charge is 0.573 e. The van der Waals surface area contributed by atoms with Gasteiger partial charge in [-0.1, -0.05) is 18.2 Å². The maximum absolute atomic E-state index is 12.0. The van der Waals surface area contributed by atoms with E-state index in [2.05, 4.69) is 9.72 Å². The number of alkyl halides is 3. The van der Waals surface area contributed by atoms with Crippen molar-refractivity contribution in [3.8, 4) is 5.75 Å². The van der Waals surface area contributed by atoms with Crippen molar-refractivity contribution < 1.29 is 17.9 Å². The minimum atomic E-state index is -4.69. The second kappa shape index (κ2) is 5.27. The highest BCUT2D eigenvalue weighted by Gasteiger charge is 2.31. The SMILES string of the molecule is N[C@H](c1ccc(OC(F)(F)F)cc1)c1cccnc1. The van der Waals surface area contributed by atoms with Gasteiger partial charge in [0, 0.05) is 12.4 Å². The van der Waals surface area contributed by atoms with Crippen LogP contribution in [-0.4, -0.2) is 11.3 Å². The second-order valence-corrected chi connectivity index (χ2v) is 3.88. The van der Waals surface area contributed by atoms with E-state index in [0.717, 1.165) is 5.56 Å². The first-order valence-electron chi connectivity index (χ1n) is 5.47. The van der Waals surface area contributed by atoms with Gasteiger partial charge in [0.25, 0.3) is 0 Å². The lowest BCUT2D eigenvalue weighted by molar-refractivity contribution is -0.274. The minimum absolute atomic E-state index is 0.269. The van der Waals surface area contributed by atoms with Crippen LogP contribution in [0.4, 0.5) is 13.2 Å². The molecule has 0 amide bonds. The Morgan fingerprint density at radius 2 is 1.74 bits per heavy atom. The molecule has 6 heteroatoms. The summed E-state index contributed by atoms with van der Waals surface area (Å²) < 4.78 is 39.8. The van der Waals surface area contributed by atoms with Gasteiger partial charge in [0.05, 0.1) is 6.04 Å². The average Bonchev–Trinajstić information content (AvgIpc) is 2.38. The van der Waals surface area contributed by atoms with Crippen LogP contribution >= 0.6 is 0 Å². The Hall–Kier alpha value is -2.08. The lowest BCUT2D eigenvalue weighted by Crippen LogP contribution is -2.17. The average molecular weight is 268 g/mol. The fourth-order valence-corrected chi connectivity index (χ4v) is 1.63. The molecule has 0 aliphatic heterocycles. The summed E-state index contributed by atoms with van der Waals surface area (Å²) in [4.78, 5) is 3.94. The molecule has 0 fully saturated rings. The van der Waals surface area contributed by atoms with Crippen LogP contribution in [-0.2, 0) is 0 Å². The molecule has 0 aliphatic rings. The highest BCUT2D eigenvalue weighted by atomic mass is 19.4. The first-order valence-corrected chi connectivity index (χ1v) is 5.47. The van der Waals surface area contributed by atoms with E-state index in [0.29, 0.717) is 5.56 Å². The molecule has 2 N–H and O–H groups in total. The molecule has 0 aliphatic carbocycles. The van der Waals surface area contributed by atoms with Crippen LogP contribution in [0.2, 0.25) is 0 Å². The van der Waals surface area contributed by atoms with E-state index in [-0.39, 0.29) is 5.75 Å². The van der Waals surface area contributed by atoms with Gasteiger partial charge in [-0.05, 0) is 29.3 Å². The number of pyridine rings is 1. The van der Waals surface area contributed by atoms with Crippen LogP contribution in [0, 0.1) is 0 Å². The van der Waals surface area contributed by atoms with Crippen molar-refractivity contribution in [2.45, 2.75) is 12.4 Å². The smallest absolute Gasteiger partial charge is 0.406 e. The standard InChI is InChI=1S/C13H11F3N2O/c14-13(15,16)19-11-5-3-9(4-6-11)12(17)10-2-1-7-18-8-10/h1-8,12H,17H2/t12-/m1/s1. The van der Waals surface area contributed by atoms with Crippen LogP contribution in [0.5, 0.6) is 5.75 Å². The molecule has 3 nitrogen and oxygen atoms in total. The van der Waals surface area contributed by atoms with Crippen LogP contribution < -0.4 is 10.5 Å². The zero-order chi connectivity index (χ0) is 13.9. The summed E-state index contributed by atoms with van der Waals surface area (Å²) in [5, 5.41) is 0. The van der Waals surface area contributed by atoms with Crippen molar-refractivity contribution in [2.75, 3.05) is 0 Å². The summed E-state index contributed by atoms with van der Waals surface area (Å²) in [5.41, 5.74) is 7.46. The molecule has 1 aromatic carbocycles. The number of nitrogens with zero attached hydrogens (tertiary/aromatic N) is 1. The Morgan fingerprint density at radius 3 is 2.26 bits per heavy atom. The summed E-state index contributed by atoms with van der Waals surface area (Å²) in [6, 6.07) is 8.58. The van der Waals surface area contributed by atoms with Gasteiger partial charge in [-0.15, -0.1) is 13.2 Å². The lowest BCUT2D eigenvalue weighted by atomic mass is 10.0. The molecule has 1 aromatic heterocycles. The van der Waals surface area contributed by atoms with Gasteiger partial charge in [0.15, 0.2) is 0 Å². The number of hydrogen-bond donors (Lipinski definition) is 1. The Labute approximate surface area is 107 Å². The molecular weight excluding hydrogens is 257 g/mol. The second-order valence-electron chi connectivity index (χ2n) is 3.88.